The second-order valence-corrected chi connectivity index (χ2v) is 12.6. The molecule has 11 atom stereocenters. The summed E-state index contributed by atoms with van der Waals surface area (Å²) < 4.78 is 18.6. The van der Waals surface area contributed by atoms with Gasteiger partial charge in [0.2, 0.25) is 0 Å². The maximum Gasteiger partial charge on any atom is 0.309 e. The van der Waals surface area contributed by atoms with Gasteiger partial charge in [-0.3, -0.25) is 4.79 Å². The first-order chi connectivity index (χ1) is 19.0. The second kappa shape index (κ2) is 15.6. The third-order valence-electron chi connectivity index (χ3n) is 9.16. The summed E-state index contributed by atoms with van der Waals surface area (Å²) in [6, 6.07) is 0. The van der Waals surface area contributed by atoms with Crippen LogP contribution in [0.2, 0.25) is 0 Å². The molecule has 0 saturated carbocycles. The van der Waals surface area contributed by atoms with Crippen LogP contribution in [0, 0.1) is 17.8 Å². The van der Waals surface area contributed by atoms with Crippen LogP contribution in [0.3, 0.4) is 0 Å². The molecule has 3 N–H and O–H groups in total. The Hall–Kier alpha value is -1.51. The van der Waals surface area contributed by atoms with Crippen LogP contribution >= 0.6 is 0 Å². The first kappa shape index (κ1) is 33.0. The molecule has 7 nitrogen and oxygen atoms in total. The Kier molecular flexibility index (Phi) is 12.9. The maximum absolute atomic E-state index is 13.0. The van der Waals surface area contributed by atoms with Crippen molar-refractivity contribution in [3.05, 3.63) is 36.0 Å². The van der Waals surface area contributed by atoms with Crippen LogP contribution in [0.4, 0.5) is 0 Å². The van der Waals surface area contributed by atoms with Crippen LogP contribution in [0.15, 0.2) is 36.0 Å². The van der Waals surface area contributed by atoms with Crippen molar-refractivity contribution < 1.29 is 34.3 Å². The normalized spacial score (nSPS) is 39.2. The van der Waals surface area contributed by atoms with Gasteiger partial charge in [-0.1, -0.05) is 58.1 Å². The van der Waals surface area contributed by atoms with Crippen LogP contribution < -0.4 is 0 Å². The molecular formula is C33H54O7. The number of carbonyl (C=O) groups is 1. The van der Waals surface area contributed by atoms with Gasteiger partial charge >= 0.3 is 5.97 Å². The lowest BCUT2D eigenvalue weighted by Gasteiger charge is -2.31. The molecule has 228 valence electrons. The number of allylic oxidation sites excluding steroid dienone is 3. The summed E-state index contributed by atoms with van der Waals surface area (Å²) in [7, 11) is 0. The standard InChI is InChI=1S/C33H54O7/c1-7-26(34)23(5)24(6)31(36)28-16-12-13-20(2)17-29-22(4)18-30(39-29)32-27(35)19-25(38-32)15-11-9-8-10-14-21(3)33(37)40-28/h8-9,17,21-22,24-32,34-36H,5,7,10-16,18-19H2,1-4,6H3/b9-8+,20-17+/t21-,22+,24-,25-,26-,27+,28?,29-,30-,31-,32+/m1/s1. The average molecular weight is 563 g/mol. The fraction of sp³-hybridized carbons (Fsp3) is 0.788. The molecule has 0 aromatic heterocycles. The van der Waals surface area contributed by atoms with Gasteiger partial charge in [-0.05, 0) is 76.2 Å². The predicted molar refractivity (Wildman–Crippen MR) is 157 cm³/mol. The van der Waals surface area contributed by atoms with E-state index < -0.39 is 30.3 Å². The lowest BCUT2D eigenvalue weighted by atomic mass is 9.87. The molecule has 3 aliphatic heterocycles. The summed E-state index contributed by atoms with van der Waals surface area (Å²) in [4.78, 5) is 13.0. The summed E-state index contributed by atoms with van der Waals surface area (Å²) in [5.41, 5.74) is 1.75. The predicted octanol–water partition coefficient (Wildman–Crippen LogP) is 5.42. The van der Waals surface area contributed by atoms with E-state index in [1.807, 2.05) is 20.8 Å². The highest BCUT2D eigenvalue weighted by Crippen LogP contribution is 2.37. The number of cyclic esters (lactones) is 1. The largest absolute Gasteiger partial charge is 0.459 e. The number of aliphatic hydroxyl groups is 3. The molecule has 0 aromatic carbocycles. The third-order valence-corrected chi connectivity index (χ3v) is 9.16. The van der Waals surface area contributed by atoms with Crippen molar-refractivity contribution in [2.75, 3.05) is 0 Å². The van der Waals surface area contributed by atoms with Crippen LogP contribution in [0.25, 0.3) is 0 Å². The summed E-state index contributed by atoms with van der Waals surface area (Å²) in [6.07, 6.45) is 10.4. The van der Waals surface area contributed by atoms with E-state index in [2.05, 4.69) is 38.7 Å². The van der Waals surface area contributed by atoms with Gasteiger partial charge in [0.15, 0.2) is 0 Å². The van der Waals surface area contributed by atoms with E-state index in [0.29, 0.717) is 37.2 Å². The quantitative estimate of drug-likeness (QED) is 0.304. The van der Waals surface area contributed by atoms with Gasteiger partial charge in [0.1, 0.15) is 12.2 Å². The number of aliphatic hydroxyl groups excluding tert-OH is 3. The molecule has 3 aliphatic rings. The molecule has 0 spiro atoms. The molecule has 0 amide bonds. The minimum absolute atomic E-state index is 0.0307. The highest BCUT2D eigenvalue weighted by atomic mass is 16.6. The molecule has 3 rings (SSSR count). The Morgan fingerprint density at radius 1 is 1.10 bits per heavy atom. The highest BCUT2D eigenvalue weighted by molar-refractivity contribution is 5.72. The minimum atomic E-state index is -0.948. The third kappa shape index (κ3) is 8.99. The monoisotopic (exact) mass is 562 g/mol. The molecule has 4 bridgehead atoms. The fourth-order valence-corrected chi connectivity index (χ4v) is 6.20. The first-order valence-electron chi connectivity index (χ1n) is 15.6. The molecule has 0 aromatic rings. The van der Waals surface area contributed by atoms with E-state index in [0.717, 1.165) is 38.5 Å². The number of hydrogen-bond acceptors (Lipinski definition) is 7. The van der Waals surface area contributed by atoms with Gasteiger partial charge in [-0.25, -0.2) is 0 Å². The van der Waals surface area contributed by atoms with Crippen LogP contribution in [-0.2, 0) is 19.0 Å². The zero-order valence-electron chi connectivity index (χ0n) is 25.3. The molecule has 0 aliphatic carbocycles. The smallest absolute Gasteiger partial charge is 0.309 e. The Morgan fingerprint density at radius 3 is 2.50 bits per heavy atom. The summed E-state index contributed by atoms with van der Waals surface area (Å²) in [5.74, 6) is -0.680. The molecule has 2 fully saturated rings. The van der Waals surface area contributed by atoms with E-state index in [4.69, 9.17) is 14.2 Å². The second-order valence-electron chi connectivity index (χ2n) is 12.6. The van der Waals surface area contributed by atoms with Crippen LogP contribution in [0.1, 0.15) is 98.8 Å². The SMILES string of the molecule is C=C([C@H](O)CC)[C@@H](C)[C@@H](O)C1CCC/C(C)=C/[C@H]2O[C@H](C[C@@H]2C)[C@H]2O[C@H](CC/C=C/CC[C@@H](C)C(=O)O1)C[C@@H]2O. The zero-order valence-corrected chi connectivity index (χ0v) is 25.3. The number of fused-ring (bicyclic) bond motifs is 5. The molecular weight excluding hydrogens is 508 g/mol. The zero-order chi connectivity index (χ0) is 29.4. The Bertz CT molecular complexity index is 882. The Labute approximate surface area is 241 Å². The molecule has 2 saturated heterocycles. The van der Waals surface area contributed by atoms with Gasteiger partial charge in [0.25, 0.3) is 0 Å². The van der Waals surface area contributed by atoms with Crippen molar-refractivity contribution in [1.82, 2.24) is 0 Å². The van der Waals surface area contributed by atoms with Crippen LogP contribution in [0.5, 0.6) is 0 Å². The average Bonchev–Trinajstić information content (AvgIpc) is 3.48. The number of hydrogen-bond donors (Lipinski definition) is 3. The van der Waals surface area contributed by atoms with Crippen molar-refractivity contribution >= 4 is 5.97 Å². The fourth-order valence-electron chi connectivity index (χ4n) is 6.20. The van der Waals surface area contributed by atoms with E-state index in [1.165, 1.54) is 5.57 Å². The number of ether oxygens (including phenoxy) is 3. The topological polar surface area (TPSA) is 105 Å². The van der Waals surface area contributed by atoms with Gasteiger partial charge in [-0.15, -0.1) is 0 Å². The maximum atomic E-state index is 13.0. The lowest BCUT2D eigenvalue weighted by Crippen LogP contribution is -2.39. The minimum Gasteiger partial charge on any atom is -0.459 e. The molecule has 0 radical (unpaired) electrons. The van der Waals surface area contributed by atoms with Crippen molar-refractivity contribution in [1.29, 1.82) is 0 Å². The summed E-state index contributed by atoms with van der Waals surface area (Å²) in [5, 5.41) is 32.2. The number of rotatable bonds is 5. The van der Waals surface area contributed by atoms with E-state index in [-0.39, 0.29) is 36.3 Å². The van der Waals surface area contributed by atoms with E-state index in [9.17, 15) is 20.1 Å². The van der Waals surface area contributed by atoms with Gasteiger partial charge in [0, 0.05) is 12.3 Å². The van der Waals surface area contributed by atoms with Gasteiger partial charge < -0.3 is 29.5 Å². The number of carbonyl (C=O) groups excluding carboxylic acids is 1. The Morgan fingerprint density at radius 2 is 1.80 bits per heavy atom. The first-order valence-corrected chi connectivity index (χ1v) is 15.6. The molecule has 1 unspecified atom stereocenters. The van der Waals surface area contributed by atoms with Crippen molar-refractivity contribution in [3.8, 4) is 0 Å². The summed E-state index contributed by atoms with van der Waals surface area (Å²) in [6.45, 7) is 13.9. The van der Waals surface area contributed by atoms with E-state index >= 15 is 0 Å². The lowest BCUT2D eigenvalue weighted by molar-refractivity contribution is -0.161. The molecule has 7 heteroatoms. The molecule has 40 heavy (non-hydrogen) atoms. The van der Waals surface area contributed by atoms with Crippen molar-refractivity contribution in [3.63, 3.8) is 0 Å². The Balaban J connectivity index is 1.74. The van der Waals surface area contributed by atoms with Gasteiger partial charge in [0.05, 0.1) is 42.5 Å². The van der Waals surface area contributed by atoms with Crippen molar-refractivity contribution in [2.24, 2.45) is 17.8 Å². The van der Waals surface area contributed by atoms with Gasteiger partial charge in [-0.2, -0.15) is 0 Å². The summed E-state index contributed by atoms with van der Waals surface area (Å²) >= 11 is 0. The van der Waals surface area contributed by atoms with Crippen molar-refractivity contribution in [2.45, 2.75) is 148 Å². The number of esters is 1. The highest BCUT2D eigenvalue weighted by Gasteiger charge is 2.44. The van der Waals surface area contributed by atoms with Crippen LogP contribution in [-0.4, -0.2) is 70.1 Å². The van der Waals surface area contributed by atoms with E-state index in [1.54, 1.807) is 0 Å². The molecule has 3 heterocycles.